The van der Waals surface area contributed by atoms with E-state index >= 15 is 0 Å². The van der Waals surface area contributed by atoms with Gasteiger partial charge in [-0.3, -0.25) is 19.7 Å². The van der Waals surface area contributed by atoms with Crippen LogP contribution in [0.5, 0.6) is 5.75 Å². The number of hydrogen-bond donors (Lipinski definition) is 0. The lowest BCUT2D eigenvalue weighted by atomic mass is 9.68. The summed E-state index contributed by atoms with van der Waals surface area (Å²) in [5, 5.41) is 22.2. The van der Waals surface area contributed by atoms with E-state index in [0.29, 0.717) is 17.0 Å². The van der Waals surface area contributed by atoms with E-state index in [4.69, 9.17) is 9.47 Å². The highest BCUT2D eigenvalue weighted by Crippen LogP contribution is 2.56. The van der Waals surface area contributed by atoms with Crippen LogP contribution < -0.4 is 9.64 Å². The van der Waals surface area contributed by atoms with Gasteiger partial charge in [0.25, 0.3) is 5.69 Å². The van der Waals surface area contributed by atoms with Crippen molar-refractivity contribution >= 4 is 29.2 Å². The minimum atomic E-state index is -1.80. The van der Waals surface area contributed by atoms with Crippen LogP contribution in [0.2, 0.25) is 0 Å². The summed E-state index contributed by atoms with van der Waals surface area (Å²) in [5.74, 6) is -1.63. The number of non-ortho nitro benzene ring substituents is 1. The van der Waals surface area contributed by atoms with Crippen molar-refractivity contribution < 1.29 is 24.0 Å². The maximum atomic E-state index is 14.3. The molecule has 0 saturated carbocycles. The minimum Gasteiger partial charge on any atom is -0.497 e. The van der Waals surface area contributed by atoms with Crippen LogP contribution in [0.1, 0.15) is 27.4 Å². The fraction of sp³-hybridized carbons (Fsp3) is 0.207. The van der Waals surface area contributed by atoms with Gasteiger partial charge in [-0.1, -0.05) is 54.6 Å². The van der Waals surface area contributed by atoms with Crippen LogP contribution in [0.4, 0.5) is 11.4 Å². The lowest BCUT2D eigenvalue weighted by molar-refractivity contribution is -0.384. The first-order chi connectivity index (χ1) is 18.4. The average molecular weight is 510 g/mol. The number of Topliss-reactive ketones (excluding diaryl/α,β-unsaturated/α-hetero) is 1. The monoisotopic (exact) mass is 509 g/mol. The van der Waals surface area contributed by atoms with E-state index in [1.807, 2.05) is 30.3 Å². The first kappa shape index (κ1) is 24.7. The number of nitriles is 1. The summed E-state index contributed by atoms with van der Waals surface area (Å²) in [7, 11) is 2.74. The molecular formula is C29H23N3O6. The van der Waals surface area contributed by atoms with E-state index in [1.54, 1.807) is 35.2 Å². The van der Waals surface area contributed by atoms with Crippen LogP contribution in [0, 0.1) is 26.9 Å². The summed E-state index contributed by atoms with van der Waals surface area (Å²) in [6.45, 7) is 0. The number of nitro groups is 1. The Hall–Kier alpha value is -4.97. The van der Waals surface area contributed by atoms with Gasteiger partial charge < -0.3 is 14.4 Å². The molecule has 9 nitrogen and oxygen atoms in total. The fourth-order valence-electron chi connectivity index (χ4n) is 5.66. The van der Waals surface area contributed by atoms with Crippen LogP contribution >= 0.6 is 0 Å². The van der Waals surface area contributed by atoms with Crippen LogP contribution in [-0.2, 0) is 9.53 Å². The highest BCUT2D eigenvalue weighted by atomic mass is 16.6. The quantitative estimate of drug-likeness (QED) is 0.205. The Labute approximate surface area is 218 Å². The van der Waals surface area contributed by atoms with Gasteiger partial charge in [-0.15, -0.1) is 0 Å². The molecular weight excluding hydrogens is 486 g/mol. The topological polar surface area (TPSA) is 123 Å². The summed E-state index contributed by atoms with van der Waals surface area (Å²) < 4.78 is 10.5. The van der Waals surface area contributed by atoms with Gasteiger partial charge in [0.05, 0.1) is 31.3 Å². The smallest absolute Gasteiger partial charge is 0.329 e. The molecule has 2 aliphatic heterocycles. The second-order valence-electron chi connectivity index (χ2n) is 9.11. The zero-order chi connectivity index (χ0) is 27.0. The van der Waals surface area contributed by atoms with Gasteiger partial charge in [0.2, 0.25) is 0 Å². The molecule has 0 amide bonds. The Bertz CT molecular complexity index is 1510. The largest absolute Gasteiger partial charge is 0.497 e. The van der Waals surface area contributed by atoms with E-state index in [2.05, 4.69) is 6.07 Å². The third kappa shape index (κ3) is 3.61. The third-order valence-corrected chi connectivity index (χ3v) is 7.34. The number of benzene rings is 3. The number of fused-ring (bicyclic) bond motifs is 3. The number of anilines is 1. The second-order valence-corrected chi connectivity index (χ2v) is 9.11. The van der Waals surface area contributed by atoms with Crippen molar-refractivity contribution in [2.24, 2.45) is 5.41 Å². The number of rotatable bonds is 6. The lowest BCUT2D eigenvalue weighted by Gasteiger charge is -2.36. The SMILES string of the molecule is COC(=O)[C@@]1(C#N)[C@H](c2ccc(OC)cc2)[C@@H](C(=O)c2cccc([N+](=O)[O-])c2)N2c3ccccc3C=C[C@@H]21. The van der Waals surface area contributed by atoms with Crippen molar-refractivity contribution in [1.82, 2.24) is 0 Å². The normalized spacial score (nSPS) is 23.1. The highest BCUT2D eigenvalue weighted by molar-refractivity contribution is 6.06. The summed E-state index contributed by atoms with van der Waals surface area (Å²) in [4.78, 5) is 40.6. The fourth-order valence-corrected chi connectivity index (χ4v) is 5.66. The molecule has 2 heterocycles. The Morgan fingerprint density at radius 2 is 1.79 bits per heavy atom. The first-order valence-electron chi connectivity index (χ1n) is 11.8. The molecule has 38 heavy (non-hydrogen) atoms. The van der Waals surface area contributed by atoms with Crippen LogP contribution in [0.15, 0.2) is 78.9 Å². The number of carbonyl (C=O) groups excluding carboxylic acids is 2. The number of hydrogen-bond acceptors (Lipinski definition) is 8. The average Bonchev–Trinajstić information content (AvgIpc) is 3.28. The van der Waals surface area contributed by atoms with Crippen molar-refractivity contribution in [3.05, 3.63) is 106 Å². The van der Waals surface area contributed by atoms with E-state index in [0.717, 1.165) is 5.56 Å². The number of carbonyl (C=O) groups is 2. The van der Waals surface area contributed by atoms with Crippen LogP contribution in [0.3, 0.4) is 0 Å². The molecule has 0 unspecified atom stereocenters. The number of ketones is 1. The maximum Gasteiger partial charge on any atom is 0.329 e. The van der Waals surface area contributed by atoms with Gasteiger partial charge in [0.15, 0.2) is 11.2 Å². The summed E-state index contributed by atoms with van der Waals surface area (Å²) >= 11 is 0. The number of methoxy groups -OCH3 is 2. The number of nitrogens with zero attached hydrogens (tertiary/aromatic N) is 3. The second kappa shape index (κ2) is 9.48. The molecule has 190 valence electrons. The molecule has 0 N–H and O–H groups in total. The molecule has 0 radical (unpaired) electrons. The Balaban J connectivity index is 1.80. The van der Waals surface area contributed by atoms with Crippen LogP contribution in [-0.4, -0.2) is 43.0 Å². The Kier molecular flexibility index (Phi) is 6.17. The molecule has 0 aliphatic carbocycles. The van der Waals surface area contributed by atoms with Gasteiger partial charge in [-0.05, 0) is 29.3 Å². The van der Waals surface area contributed by atoms with Gasteiger partial charge >= 0.3 is 5.97 Å². The van der Waals surface area contributed by atoms with E-state index in [9.17, 15) is 25.0 Å². The van der Waals surface area contributed by atoms with Crippen molar-refractivity contribution in [2.45, 2.75) is 18.0 Å². The molecule has 1 fully saturated rings. The third-order valence-electron chi connectivity index (χ3n) is 7.34. The maximum absolute atomic E-state index is 14.3. The minimum absolute atomic E-state index is 0.104. The molecule has 1 saturated heterocycles. The predicted octanol–water partition coefficient (Wildman–Crippen LogP) is 4.54. The number of para-hydroxylation sites is 1. The van der Waals surface area contributed by atoms with Gasteiger partial charge in [0.1, 0.15) is 11.8 Å². The van der Waals surface area contributed by atoms with E-state index in [1.165, 1.54) is 38.5 Å². The number of esters is 1. The number of nitro benzene ring substituents is 1. The molecule has 3 aromatic rings. The molecule has 5 rings (SSSR count). The van der Waals surface area contributed by atoms with Crippen molar-refractivity contribution in [3.63, 3.8) is 0 Å². The van der Waals surface area contributed by atoms with Crippen molar-refractivity contribution in [3.8, 4) is 11.8 Å². The predicted molar refractivity (Wildman–Crippen MR) is 139 cm³/mol. The zero-order valence-corrected chi connectivity index (χ0v) is 20.6. The molecule has 3 aromatic carbocycles. The zero-order valence-electron chi connectivity index (χ0n) is 20.6. The van der Waals surface area contributed by atoms with Gasteiger partial charge in [-0.2, -0.15) is 5.26 Å². The summed E-state index contributed by atoms with van der Waals surface area (Å²) in [6, 6.07) is 20.1. The van der Waals surface area contributed by atoms with E-state index in [-0.39, 0.29) is 11.3 Å². The van der Waals surface area contributed by atoms with Gasteiger partial charge in [0, 0.05) is 29.3 Å². The van der Waals surface area contributed by atoms with Crippen LogP contribution in [0.25, 0.3) is 6.08 Å². The van der Waals surface area contributed by atoms with Crippen molar-refractivity contribution in [2.75, 3.05) is 19.1 Å². The van der Waals surface area contributed by atoms with Crippen molar-refractivity contribution in [1.29, 1.82) is 5.26 Å². The first-order valence-corrected chi connectivity index (χ1v) is 11.8. The molecule has 4 atom stereocenters. The molecule has 9 heteroatoms. The van der Waals surface area contributed by atoms with E-state index < -0.39 is 40.1 Å². The number of ether oxygens (including phenoxy) is 2. The molecule has 0 spiro atoms. The summed E-state index contributed by atoms with van der Waals surface area (Å²) in [6.07, 6.45) is 3.58. The highest BCUT2D eigenvalue weighted by Gasteiger charge is 2.67. The Morgan fingerprint density at radius 3 is 2.45 bits per heavy atom. The molecule has 2 aliphatic rings. The lowest BCUT2D eigenvalue weighted by Crippen LogP contribution is -2.46. The Morgan fingerprint density at radius 1 is 1.05 bits per heavy atom. The molecule has 0 aromatic heterocycles. The molecule has 0 bridgehead atoms. The summed E-state index contributed by atoms with van der Waals surface area (Å²) in [5.41, 5.74) is 0.115. The standard InChI is InChI=1S/C29H23N3O6/c1-37-22-13-10-19(11-14-22)25-26(27(33)20-7-5-8-21(16-20)32(35)36)31-23-9-4-3-6-18(23)12-15-24(31)29(25,17-30)28(34)38-2/h3-16,24-26H,1-2H3/t24-,25-,26+,29-/m1/s1. The van der Waals surface area contributed by atoms with Gasteiger partial charge in [-0.25, -0.2) is 0 Å².